The highest BCUT2D eigenvalue weighted by Crippen LogP contribution is 2.01. The average molecular weight is 218 g/mol. The maximum absolute atomic E-state index is 10.7. The highest BCUT2D eigenvalue weighted by atomic mass is 16.7. The van der Waals surface area contributed by atoms with Crippen LogP contribution in [0.5, 0.6) is 0 Å². The van der Waals surface area contributed by atoms with E-state index in [0.717, 1.165) is 5.56 Å². The zero-order valence-electron chi connectivity index (χ0n) is 9.31. The van der Waals surface area contributed by atoms with Crippen molar-refractivity contribution in [1.82, 2.24) is 5.32 Å². The van der Waals surface area contributed by atoms with Crippen molar-refractivity contribution in [2.75, 3.05) is 7.05 Å². The van der Waals surface area contributed by atoms with Gasteiger partial charge < -0.3 is 5.32 Å². The summed E-state index contributed by atoms with van der Waals surface area (Å²) >= 11 is 0. The minimum absolute atomic E-state index is 0.576. The van der Waals surface area contributed by atoms with Crippen LogP contribution in [0.2, 0.25) is 0 Å². The number of allylic oxidation sites excluding steroid dienone is 1. The van der Waals surface area contributed by atoms with Crippen molar-refractivity contribution >= 4 is 17.9 Å². The number of benzene rings is 1. The van der Waals surface area contributed by atoms with Gasteiger partial charge in [-0.05, 0) is 18.6 Å². The Morgan fingerprint density at radius 3 is 2.69 bits per heavy atom. The largest absolute Gasteiger partial charge is 0.433 e. The van der Waals surface area contributed by atoms with Crippen molar-refractivity contribution in [1.29, 1.82) is 0 Å². The van der Waals surface area contributed by atoms with Crippen LogP contribution in [-0.2, 0) is 4.84 Å². The summed E-state index contributed by atoms with van der Waals surface area (Å²) in [6.07, 6.45) is 3.09. The number of nitrogens with zero attached hydrogens (tertiary/aromatic N) is 1. The van der Waals surface area contributed by atoms with E-state index in [1.807, 2.05) is 36.4 Å². The van der Waals surface area contributed by atoms with Crippen LogP contribution < -0.4 is 5.32 Å². The van der Waals surface area contributed by atoms with Crippen molar-refractivity contribution in [3.05, 3.63) is 42.0 Å². The van der Waals surface area contributed by atoms with Crippen LogP contribution in [0.15, 0.2) is 41.6 Å². The minimum atomic E-state index is -0.576. The third kappa shape index (κ3) is 4.41. The molecule has 0 bridgehead atoms. The second-order valence-corrected chi connectivity index (χ2v) is 3.11. The van der Waals surface area contributed by atoms with Crippen LogP contribution in [0, 0.1) is 0 Å². The van der Waals surface area contributed by atoms with Gasteiger partial charge in [0.25, 0.3) is 0 Å². The summed E-state index contributed by atoms with van der Waals surface area (Å²) in [7, 11) is 1.48. The predicted molar refractivity (Wildman–Crippen MR) is 64.1 cm³/mol. The smallest absolute Gasteiger partial charge is 0.323 e. The van der Waals surface area contributed by atoms with E-state index in [1.54, 1.807) is 13.0 Å². The minimum Gasteiger partial charge on any atom is -0.323 e. The Labute approximate surface area is 94.6 Å². The molecule has 0 heterocycles. The van der Waals surface area contributed by atoms with Gasteiger partial charge >= 0.3 is 6.09 Å². The monoisotopic (exact) mass is 218 g/mol. The van der Waals surface area contributed by atoms with E-state index >= 15 is 0 Å². The van der Waals surface area contributed by atoms with E-state index in [2.05, 4.69) is 15.3 Å². The molecule has 1 aromatic carbocycles. The number of hydrogen-bond donors (Lipinski definition) is 1. The molecule has 0 aliphatic carbocycles. The van der Waals surface area contributed by atoms with Crippen molar-refractivity contribution in [3.8, 4) is 0 Å². The van der Waals surface area contributed by atoms with E-state index in [9.17, 15) is 4.79 Å². The van der Waals surface area contributed by atoms with E-state index in [1.165, 1.54) is 7.05 Å². The van der Waals surface area contributed by atoms with Crippen molar-refractivity contribution in [2.24, 2.45) is 5.16 Å². The molecule has 0 saturated carbocycles. The fourth-order valence-corrected chi connectivity index (χ4v) is 0.971. The highest BCUT2D eigenvalue weighted by Gasteiger charge is 1.94. The number of carbonyl (C=O) groups is 1. The van der Waals surface area contributed by atoms with E-state index in [4.69, 9.17) is 0 Å². The van der Waals surface area contributed by atoms with Gasteiger partial charge in [0.1, 0.15) is 0 Å². The molecular weight excluding hydrogens is 204 g/mol. The number of oxime groups is 1. The Morgan fingerprint density at radius 1 is 1.38 bits per heavy atom. The van der Waals surface area contributed by atoms with Crippen molar-refractivity contribution < 1.29 is 9.63 Å². The lowest BCUT2D eigenvalue weighted by Crippen LogP contribution is -2.17. The molecule has 16 heavy (non-hydrogen) atoms. The standard InChI is InChI=1S/C12H14N2O2/c1-10(14-16-12(15)13-2)8-9-11-6-4-3-5-7-11/h3-9H,1-2H3,(H,13,15)/b9-8+,14-10?. The number of hydrogen-bond acceptors (Lipinski definition) is 3. The van der Waals surface area contributed by atoms with Crippen LogP contribution in [-0.4, -0.2) is 18.9 Å². The van der Waals surface area contributed by atoms with Gasteiger partial charge in [-0.3, -0.25) is 4.84 Å². The Bertz CT molecular complexity index is 397. The van der Waals surface area contributed by atoms with Gasteiger partial charge in [0.05, 0.1) is 5.71 Å². The number of amides is 1. The molecule has 0 atom stereocenters. The van der Waals surface area contributed by atoms with Crippen LogP contribution in [0.3, 0.4) is 0 Å². The number of carbonyl (C=O) groups excluding carboxylic acids is 1. The van der Waals surface area contributed by atoms with E-state index in [-0.39, 0.29) is 0 Å². The van der Waals surface area contributed by atoms with E-state index in [0.29, 0.717) is 5.71 Å². The fraction of sp³-hybridized carbons (Fsp3) is 0.167. The maximum atomic E-state index is 10.7. The van der Waals surface area contributed by atoms with Gasteiger partial charge in [-0.15, -0.1) is 0 Å². The lowest BCUT2D eigenvalue weighted by molar-refractivity contribution is 0.153. The van der Waals surface area contributed by atoms with Gasteiger partial charge in [-0.25, -0.2) is 4.79 Å². The Hall–Kier alpha value is -2.10. The molecule has 84 valence electrons. The predicted octanol–water partition coefficient (Wildman–Crippen LogP) is 2.43. The fourth-order valence-electron chi connectivity index (χ4n) is 0.971. The normalized spacial score (nSPS) is 11.5. The Morgan fingerprint density at radius 2 is 2.06 bits per heavy atom. The molecule has 0 spiro atoms. The molecule has 1 N–H and O–H groups in total. The molecule has 0 unspecified atom stereocenters. The van der Waals surface area contributed by atoms with Gasteiger partial charge in [-0.2, -0.15) is 0 Å². The summed E-state index contributed by atoms with van der Waals surface area (Å²) in [5, 5.41) is 5.93. The SMILES string of the molecule is CNC(=O)ON=C(C)/C=C/c1ccccc1. The summed E-state index contributed by atoms with van der Waals surface area (Å²) in [5.74, 6) is 0. The van der Waals surface area contributed by atoms with Crippen molar-refractivity contribution in [2.45, 2.75) is 6.92 Å². The number of nitrogens with one attached hydrogen (secondary N) is 1. The third-order valence-corrected chi connectivity index (χ3v) is 1.79. The topological polar surface area (TPSA) is 50.7 Å². The lowest BCUT2D eigenvalue weighted by atomic mass is 10.2. The van der Waals surface area contributed by atoms with Gasteiger partial charge in [0.2, 0.25) is 0 Å². The number of rotatable bonds is 3. The molecule has 0 fully saturated rings. The Kier molecular flexibility index (Phi) is 4.79. The molecule has 4 nitrogen and oxygen atoms in total. The first-order valence-corrected chi connectivity index (χ1v) is 4.89. The molecule has 0 aliphatic rings. The summed E-state index contributed by atoms with van der Waals surface area (Å²) in [4.78, 5) is 15.3. The molecule has 4 heteroatoms. The molecule has 0 aromatic heterocycles. The first-order chi connectivity index (χ1) is 7.72. The average Bonchev–Trinajstić information content (AvgIpc) is 2.34. The highest BCUT2D eigenvalue weighted by molar-refractivity contribution is 5.96. The lowest BCUT2D eigenvalue weighted by Gasteiger charge is -1.95. The van der Waals surface area contributed by atoms with Crippen LogP contribution >= 0.6 is 0 Å². The van der Waals surface area contributed by atoms with E-state index < -0.39 is 6.09 Å². The van der Waals surface area contributed by atoms with Crippen LogP contribution in [0.1, 0.15) is 12.5 Å². The zero-order chi connectivity index (χ0) is 11.8. The first kappa shape index (κ1) is 12.0. The van der Waals surface area contributed by atoms with Crippen LogP contribution in [0.4, 0.5) is 4.79 Å². The first-order valence-electron chi connectivity index (χ1n) is 4.89. The molecule has 1 aromatic rings. The zero-order valence-corrected chi connectivity index (χ0v) is 9.31. The molecule has 1 amide bonds. The molecule has 0 radical (unpaired) electrons. The quantitative estimate of drug-likeness (QED) is 0.481. The van der Waals surface area contributed by atoms with Gasteiger partial charge in [0, 0.05) is 7.05 Å². The van der Waals surface area contributed by atoms with Crippen LogP contribution in [0.25, 0.3) is 6.08 Å². The van der Waals surface area contributed by atoms with Gasteiger partial charge in [-0.1, -0.05) is 41.6 Å². The maximum Gasteiger partial charge on any atom is 0.433 e. The summed E-state index contributed by atoms with van der Waals surface area (Å²) in [6, 6.07) is 9.81. The molecule has 0 aliphatic heterocycles. The summed E-state index contributed by atoms with van der Waals surface area (Å²) in [5.41, 5.74) is 1.68. The molecule has 1 rings (SSSR count). The second-order valence-electron chi connectivity index (χ2n) is 3.11. The third-order valence-electron chi connectivity index (χ3n) is 1.79. The van der Waals surface area contributed by atoms with Crippen molar-refractivity contribution in [3.63, 3.8) is 0 Å². The second kappa shape index (κ2) is 6.40. The molecule has 0 saturated heterocycles. The molecular formula is C12H14N2O2. The van der Waals surface area contributed by atoms with Gasteiger partial charge in [0.15, 0.2) is 0 Å². The Balaban J connectivity index is 2.54. The summed E-state index contributed by atoms with van der Waals surface area (Å²) in [6.45, 7) is 1.75. The summed E-state index contributed by atoms with van der Waals surface area (Å²) < 4.78 is 0.